The first-order valence-corrected chi connectivity index (χ1v) is 7.87. The van der Waals surface area contributed by atoms with Crippen molar-refractivity contribution in [1.82, 2.24) is 0 Å². The average Bonchev–Trinajstić information content (AvgIpc) is 2.64. The van der Waals surface area contributed by atoms with Gasteiger partial charge in [-0.15, -0.1) is 6.42 Å². The van der Waals surface area contributed by atoms with Gasteiger partial charge in [-0.3, -0.25) is 4.79 Å². The molecule has 2 aromatic carbocycles. The zero-order chi connectivity index (χ0) is 19.1. The Bertz CT molecular complexity index is 884. The van der Waals surface area contributed by atoms with Crippen molar-refractivity contribution in [1.29, 1.82) is 0 Å². The Morgan fingerprint density at radius 1 is 1.23 bits per heavy atom. The van der Waals surface area contributed by atoms with Crippen LogP contribution in [0.3, 0.4) is 0 Å². The highest BCUT2D eigenvalue weighted by molar-refractivity contribution is 6.32. The fourth-order valence-electron chi connectivity index (χ4n) is 2.18. The smallest absolute Gasteiger partial charge is 0.185 e. The van der Waals surface area contributed by atoms with E-state index in [4.69, 9.17) is 32.2 Å². The van der Waals surface area contributed by atoms with Crippen LogP contribution in [-0.4, -0.2) is 26.6 Å². The minimum atomic E-state index is -0.605. The van der Waals surface area contributed by atoms with E-state index < -0.39 is 5.82 Å². The van der Waals surface area contributed by atoms with E-state index in [9.17, 15) is 9.18 Å². The lowest BCUT2D eigenvalue weighted by Crippen LogP contribution is -1.98. The van der Waals surface area contributed by atoms with E-state index in [0.29, 0.717) is 22.1 Å². The Balaban J connectivity index is 2.24. The van der Waals surface area contributed by atoms with Gasteiger partial charge in [0.1, 0.15) is 6.61 Å². The summed E-state index contributed by atoms with van der Waals surface area (Å²) < 4.78 is 29.1. The Morgan fingerprint density at radius 3 is 2.58 bits per heavy atom. The second-order valence-electron chi connectivity index (χ2n) is 5.07. The van der Waals surface area contributed by atoms with Crippen molar-refractivity contribution in [3.05, 3.63) is 58.4 Å². The Labute approximate surface area is 156 Å². The molecule has 0 aromatic heterocycles. The fourth-order valence-corrected chi connectivity index (χ4v) is 2.45. The molecule has 2 aromatic rings. The zero-order valence-corrected chi connectivity index (χ0v) is 15.0. The summed E-state index contributed by atoms with van der Waals surface area (Å²) in [7, 11) is 2.82. The number of allylic oxidation sites excluding steroid dienone is 1. The molecule has 2 rings (SSSR count). The number of benzene rings is 2. The molecule has 0 amide bonds. The van der Waals surface area contributed by atoms with Gasteiger partial charge in [-0.2, -0.15) is 0 Å². The molecule has 0 aliphatic heterocycles. The first kappa shape index (κ1) is 19.4. The van der Waals surface area contributed by atoms with Crippen LogP contribution in [0, 0.1) is 18.2 Å². The average molecular weight is 375 g/mol. The summed E-state index contributed by atoms with van der Waals surface area (Å²) in [6.45, 7) is 0.0484. The molecule has 0 saturated carbocycles. The largest absolute Gasteiger partial charge is 0.494 e. The van der Waals surface area contributed by atoms with Gasteiger partial charge in [-0.1, -0.05) is 23.6 Å². The maximum absolute atomic E-state index is 13.7. The van der Waals surface area contributed by atoms with E-state index in [0.717, 1.165) is 6.07 Å². The van der Waals surface area contributed by atoms with E-state index in [1.165, 1.54) is 32.4 Å². The number of hydrogen-bond donors (Lipinski definition) is 0. The van der Waals surface area contributed by atoms with Gasteiger partial charge in [-0.05, 0) is 42.0 Å². The van der Waals surface area contributed by atoms with Crippen molar-refractivity contribution in [3.63, 3.8) is 0 Å². The maximum Gasteiger partial charge on any atom is 0.185 e. The quantitative estimate of drug-likeness (QED) is 0.409. The highest BCUT2D eigenvalue weighted by Gasteiger charge is 2.12. The zero-order valence-electron chi connectivity index (χ0n) is 14.2. The molecule has 0 N–H and O–H groups in total. The molecule has 0 fully saturated rings. The SMILES string of the molecule is C#CCOc1c(Cl)cc(/C=C/C(=O)c2ccc(OC)c(F)c2)cc1OC. The number of ether oxygens (including phenoxy) is 3. The maximum atomic E-state index is 13.7. The van der Waals surface area contributed by atoms with Crippen LogP contribution >= 0.6 is 11.6 Å². The predicted molar refractivity (Wildman–Crippen MR) is 98.6 cm³/mol. The summed E-state index contributed by atoms with van der Waals surface area (Å²) in [5, 5.41) is 0.294. The Hall–Kier alpha value is -2.97. The van der Waals surface area contributed by atoms with Crippen LogP contribution < -0.4 is 14.2 Å². The molecular weight excluding hydrogens is 359 g/mol. The molecule has 4 nitrogen and oxygen atoms in total. The summed E-state index contributed by atoms with van der Waals surface area (Å²) in [6.07, 6.45) is 8.03. The van der Waals surface area contributed by atoms with Crippen LogP contribution in [0.4, 0.5) is 4.39 Å². The fraction of sp³-hybridized carbons (Fsp3) is 0.150. The topological polar surface area (TPSA) is 44.8 Å². The van der Waals surface area contributed by atoms with Gasteiger partial charge >= 0.3 is 0 Å². The van der Waals surface area contributed by atoms with Gasteiger partial charge < -0.3 is 14.2 Å². The Kier molecular flexibility index (Phi) is 6.65. The van der Waals surface area contributed by atoms with Crippen molar-refractivity contribution in [3.8, 4) is 29.6 Å². The van der Waals surface area contributed by atoms with Gasteiger partial charge in [0.25, 0.3) is 0 Å². The molecule has 0 bridgehead atoms. The van der Waals surface area contributed by atoms with E-state index in [1.807, 2.05) is 0 Å². The summed E-state index contributed by atoms with van der Waals surface area (Å²) in [6, 6.07) is 7.26. The molecule has 26 heavy (non-hydrogen) atoms. The van der Waals surface area contributed by atoms with E-state index in [2.05, 4.69) is 5.92 Å². The van der Waals surface area contributed by atoms with Crippen molar-refractivity contribution >= 4 is 23.5 Å². The predicted octanol–water partition coefficient (Wildman–Crippen LogP) is 4.40. The third-order valence-corrected chi connectivity index (χ3v) is 3.70. The number of ketones is 1. The van der Waals surface area contributed by atoms with Gasteiger partial charge in [0.05, 0.1) is 19.2 Å². The van der Waals surface area contributed by atoms with Crippen LogP contribution in [0.15, 0.2) is 36.4 Å². The standard InChI is InChI=1S/C20H16ClFO4/c1-4-9-26-20-15(21)10-13(11-19(20)25-3)5-7-17(23)14-6-8-18(24-2)16(22)12-14/h1,5-8,10-12H,9H2,2-3H3/b7-5+. The minimum Gasteiger partial charge on any atom is -0.494 e. The number of methoxy groups -OCH3 is 2. The molecule has 0 aliphatic carbocycles. The minimum absolute atomic E-state index is 0.0484. The molecule has 0 unspecified atom stereocenters. The highest BCUT2D eigenvalue weighted by Crippen LogP contribution is 2.36. The monoisotopic (exact) mass is 374 g/mol. The summed E-state index contributed by atoms with van der Waals surface area (Å²) >= 11 is 6.18. The summed E-state index contributed by atoms with van der Waals surface area (Å²) in [4.78, 5) is 12.2. The van der Waals surface area contributed by atoms with Gasteiger partial charge in [0.2, 0.25) is 0 Å². The molecular formula is C20H16ClFO4. The number of terminal acetylenes is 1. The van der Waals surface area contributed by atoms with Gasteiger partial charge in [-0.25, -0.2) is 4.39 Å². The van der Waals surface area contributed by atoms with Crippen LogP contribution in [0.1, 0.15) is 15.9 Å². The first-order chi connectivity index (χ1) is 12.5. The molecule has 0 saturated heterocycles. The van der Waals surface area contributed by atoms with Crippen molar-refractivity contribution < 1.29 is 23.4 Å². The molecule has 0 radical (unpaired) electrons. The highest BCUT2D eigenvalue weighted by atomic mass is 35.5. The molecule has 0 heterocycles. The van der Waals surface area contributed by atoms with Crippen molar-refractivity contribution in [2.24, 2.45) is 0 Å². The number of halogens is 2. The van der Waals surface area contributed by atoms with Crippen LogP contribution in [0.5, 0.6) is 17.2 Å². The molecule has 6 heteroatoms. The molecule has 0 atom stereocenters. The summed E-state index contributed by atoms with van der Waals surface area (Å²) in [5.74, 6) is 2.16. The lowest BCUT2D eigenvalue weighted by Gasteiger charge is -2.11. The lowest BCUT2D eigenvalue weighted by atomic mass is 10.1. The number of hydrogen-bond acceptors (Lipinski definition) is 4. The normalized spacial score (nSPS) is 10.4. The van der Waals surface area contributed by atoms with Crippen molar-refractivity contribution in [2.45, 2.75) is 0 Å². The van der Waals surface area contributed by atoms with Crippen LogP contribution in [-0.2, 0) is 0 Å². The van der Waals surface area contributed by atoms with Crippen LogP contribution in [0.25, 0.3) is 6.08 Å². The third-order valence-electron chi connectivity index (χ3n) is 3.42. The van der Waals surface area contributed by atoms with Crippen LogP contribution in [0.2, 0.25) is 5.02 Å². The molecule has 0 aliphatic rings. The van der Waals surface area contributed by atoms with E-state index in [-0.39, 0.29) is 23.7 Å². The number of carbonyl (C=O) groups is 1. The van der Waals surface area contributed by atoms with Gasteiger partial charge in [0, 0.05) is 5.56 Å². The Morgan fingerprint density at radius 2 is 1.96 bits per heavy atom. The molecule has 0 spiro atoms. The second-order valence-corrected chi connectivity index (χ2v) is 5.48. The van der Waals surface area contributed by atoms with Crippen molar-refractivity contribution in [2.75, 3.05) is 20.8 Å². The lowest BCUT2D eigenvalue weighted by molar-refractivity contribution is 0.104. The number of rotatable bonds is 7. The van der Waals surface area contributed by atoms with Gasteiger partial charge in [0.15, 0.2) is 28.8 Å². The third kappa shape index (κ3) is 4.56. The number of carbonyl (C=O) groups excluding carboxylic acids is 1. The van der Waals surface area contributed by atoms with E-state index >= 15 is 0 Å². The summed E-state index contributed by atoms with van der Waals surface area (Å²) in [5.41, 5.74) is 0.814. The second kappa shape index (κ2) is 8.93. The van der Waals surface area contributed by atoms with E-state index in [1.54, 1.807) is 18.2 Å². The first-order valence-electron chi connectivity index (χ1n) is 7.50. The molecule has 134 valence electrons.